The van der Waals surface area contributed by atoms with Crippen molar-refractivity contribution >= 4 is 49.8 Å². The van der Waals surface area contributed by atoms with Crippen molar-refractivity contribution < 1.29 is 17.9 Å². The molecule has 1 aliphatic heterocycles. The van der Waals surface area contributed by atoms with Gasteiger partial charge in [0.05, 0.1) is 17.3 Å². The molecule has 1 saturated heterocycles. The van der Waals surface area contributed by atoms with E-state index >= 15 is 0 Å². The summed E-state index contributed by atoms with van der Waals surface area (Å²) in [6, 6.07) is 27.3. The monoisotopic (exact) mass is 504 g/mol. The lowest BCUT2D eigenvalue weighted by atomic mass is 10.1. The summed E-state index contributed by atoms with van der Waals surface area (Å²) >= 11 is 1.51. The maximum atomic E-state index is 13.1. The molecule has 1 heterocycles. The molecular formula is C27H24N2O4S2. The molecule has 1 atom stereocenters. The Morgan fingerprint density at radius 2 is 1.71 bits per heavy atom. The highest BCUT2D eigenvalue weighted by atomic mass is 32.2. The van der Waals surface area contributed by atoms with Gasteiger partial charge in [-0.3, -0.25) is 14.4 Å². The summed E-state index contributed by atoms with van der Waals surface area (Å²) < 4.78 is 34.4. The summed E-state index contributed by atoms with van der Waals surface area (Å²) in [5, 5.41) is 1.58. The third-order valence-electron chi connectivity index (χ3n) is 5.75. The first-order valence-corrected chi connectivity index (χ1v) is 13.8. The van der Waals surface area contributed by atoms with Crippen molar-refractivity contribution in [3.63, 3.8) is 0 Å². The lowest BCUT2D eigenvalue weighted by Gasteiger charge is -2.25. The summed E-state index contributed by atoms with van der Waals surface area (Å²) in [6.45, 7) is 2.49. The number of thioether (sulfide) groups is 1. The molecule has 1 fully saturated rings. The number of amides is 1. The van der Waals surface area contributed by atoms with Crippen LogP contribution in [0.15, 0.2) is 95.9 Å². The summed E-state index contributed by atoms with van der Waals surface area (Å²) in [7, 11) is -3.78. The molecule has 8 heteroatoms. The van der Waals surface area contributed by atoms with Gasteiger partial charge >= 0.3 is 0 Å². The van der Waals surface area contributed by atoms with E-state index in [-0.39, 0.29) is 16.2 Å². The molecule has 0 bridgehead atoms. The van der Waals surface area contributed by atoms with Gasteiger partial charge in [-0.2, -0.15) is 0 Å². The predicted octanol–water partition coefficient (Wildman–Crippen LogP) is 5.82. The summed E-state index contributed by atoms with van der Waals surface area (Å²) in [6.07, 6.45) is 0. The van der Waals surface area contributed by atoms with Crippen LogP contribution in [0, 0.1) is 0 Å². The third-order valence-corrected chi connectivity index (χ3v) is 8.34. The number of nitrogens with one attached hydrogen (secondary N) is 1. The molecule has 1 amide bonds. The molecule has 1 N–H and O–H groups in total. The van der Waals surface area contributed by atoms with Crippen LogP contribution in [0.25, 0.3) is 10.8 Å². The van der Waals surface area contributed by atoms with E-state index in [1.165, 1.54) is 11.8 Å². The van der Waals surface area contributed by atoms with E-state index in [1.807, 2.05) is 61.5 Å². The fraction of sp³-hybridized carbons (Fsp3) is 0.148. The molecule has 0 aliphatic carbocycles. The van der Waals surface area contributed by atoms with Crippen molar-refractivity contribution in [1.82, 2.24) is 0 Å². The van der Waals surface area contributed by atoms with Crippen LogP contribution in [-0.4, -0.2) is 26.7 Å². The minimum Gasteiger partial charge on any atom is -0.494 e. The molecule has 5 rings (SSSR count). The minimum absolute atomic E-state index is 0.00584. The van der Waals surface area contributed by atoms with Gasteiger partial charge in [0.25, 0.3) is 10.0 Å². The molecular weight excluding hydrogens is 480 g/mol. The van der Waals surface area contributed by atoms with Gasteiger partial charge in [-0.15, -0.1) is 11.8 Å². The fourth-order valence-electron chi connectivity index (χ4n) is 4.12. The number of ether oxygens (including phenoxy) is 1. The summed E-state index contributed by atoms with van der Waals surface area (Å²) in [4.78, 5) is 14.7. The van der Waals surface area contributed by atoms with E-state index in [9.17, 15) is 13.2 Å². The van der Waals surface area contributed by atoms with Crippen molar-refractivity contribution in [3.8, 4) is 5.75 Å². The smallest absolute Gasteiger partial charge is 0.261 e. The van der Waals surface area contributed by atoms with E-state index in [0.717, 1.165) is 27.8 Å². The number of sulfonamides is 1. The third kappa shape index (κ3) is 4.85. The van der Waals surface area contributed by atoms with Crippen molar-refractivity contribution in [2.75, 3.05) is 22.0 Å². The Morgan fingerprint density at radius 1 is 0.943 bits per heavy atom. The zero-order valence-corrected chi connectivity index (χ0v) is 20.7. The molecule has 4 aromatic carbocycles. The number of benzene rings is 4. The highest BCUT2D eigenvalue weighted by Crippen LogP contribution is 2.42. The van der Waals surface area contributed by atoms with Crippen LogP contribution in [0.4, 0.5) is 11.4 Å². The van der Waals surface area contributed by atoms with Crippen LogP contribution in [0.5, 0.6) is 5.75 Å². The Hall–Kier alpha value is -3.49. The summed E-state index contributed by atoms with van der Waals surface area (Å²) in [5.41, 5.74) is 2.06. The molecule has 178 valence electrons. The number of rotatable bonds is 7. The number of nitrogens with zero attached hydrogens (tertiary/aromatic N) is 1. The van der Waals surface area contributed by atoms with Gasteiger partial charge in [0.1, 0.15) is 11.1 Å². The second-order valence-electron chi connectivity index (χ2n) is 8.09. The number of carbonyl (C=O) groups is 1. The molecule has 1 aliphatic rings. The number of hydrogen-bond acceptors (Lipinski definition) is 5. The van der Waals surface area contributed by atoms with Crippen molar-refractivity contribution in [1.29, 1.82) is 0 Å². The van der Waals surface area contributed by atoms with E-state index < -0.39 is 10.0 Å². The van der Waals surface area contributed by atoms with Gasteiger partial charge in [0.2, 0.25) is 5.91 Å². The Bertz CT molecular complexity index is 1490. The molecule has 4 aromatic rings. The van der Waals surface area contributed by atoms with Gasteiger partial charge in [0.15, 0.2) is 0 Å². The summed E-state index contributed by atoms with van der Waals surface area (Å²) in [5.74, 6) is 1.11. The molecule has 0 saturated carbocycles. The minimum atomic E-state index is -3.78. The van der Waals surface area contributed by atoms with Crippen LogP contribution >= 0.6 is 11.8 Å². The highest BCUT2D eigenvalue weighted by Gasteiger charge is 2.34. The first kappa shape index (κ1) is 23.3. The molecule has 0 aromatic heterocycles. The molecule has 35 heavy (non-hydrogen) atoms. The SMILES string of the molecule is CCOc1ccc(N2C(=O)CS[C@@H]2c2cccc(NS(=O)(=O)c3ccc4ccccc4c3)c2)cc1. The average Bonchev–Trinajstić information content (AvgIpc) is 3.25. The maximum absolute atomic E-state index is 13.1. The fourth-order valence-corrected chi connectivity index (χ4v) is 6.38. The van der Waals surface area contributed by atoms with Crippen LogP contribution in [0.2, 0.25) is 0 Å². The lowest BCUT2D eigenvalue weighted by Crippen LogP contribution is -2.27. The normalized spacial score (nSPS) is 16.0. The van der Waals surface area contributed by atoms with Gasteiger partial charge < -0.3 is 4.74 Å². The van der Waals surface area contributed by atoms with Gasteiger partial charge in [0, 0.05) is 11.4 Å². The topological polar surface area (TPSA) is 75.7 Å². The van der Waals surface area contributed by atoms with Crippen molar-refractivity contribution in [3.05, 3.63) is 96.6 Å². The second-order valence-corrected chi connectivity index (χ2v) is 10.8. The Morgan fingerprint density at radius 3 is 2.49 bits per heavy atom. The first-order chi connectivity index (χ1) is 16.9. The number of anilines is 2. The van der Waals surface area contributed by atoms with Crippen molar-refractivity contribution in [2.45, 2.75) is 17.2 Å². The molecule has 0 unspecified atom stereocenters. The molecule has 0 spiro atoms. The second kappa shape index (κ2) is 9.64. The van der Waals surface area contributed by atoms with Gasteiger partial charge in [-0.1, -0.05) is 42.5 Å². The zero-order valence-electron chi connectivity index (χ0n) is 19.0. The molecule has 6 nitrogen and oxygen atoms in total. The number of carbonyl (C=O) groups excluding carboxylic acids is 1. The Kier molecular flexibility index (Phi) is 6.40. The van der Waals surface area contributed by atoms with Crippen LogP contribution in [0.1, 0.15) is 17.9 Å². The van der Waals surface area contributed by atoms with E-state index in [1.54, 1.807) is 41.3 Å². The van der Waals surface area contributed by atoms with E-state index in [0.29, 0.717) is 18.0 Å². The Balaban J connectivity index is 1.41. The van der Waals surface area contributed by atoms with Crippen LogP contribution < -0.4 is 14.4 Å². The number of hydrogen-bond donors (Lipinski definition) is 1. The lowest BCUT2D eigenvalue weighted by molar-refractivity contribution is -0.115. The average molecular weight is 505 g/mol. The Labute approximate surface area is 209 Å². The van der Waals surface area contributed by atoms with E-state index in [4.69, 9.17) is 4.74 Å². The maximum Gasteiger partial charge on any atom is 0.261 e. The number of fused-ring (bicyclic) bond motifs is 1. The standard InChI is InChI=1S/C27H24N2O4S2/c1-2-33-24-13-11-23(12-14-24)29-26(30)18-34-27(29)21-8-5-9-22(16-21)28-35(31,32)25-15-10-19-6-3-4-7-20(19)17-25/h3-17,27-28H,2,18H2,1H3/t27-/m1/s1. The van der Waals surface area contributed by atoms with Crippen molar-refractivity contribution in [2.24, 2.45) is 0 Å². The zero-order chi connectivity index (χ0) is 24.4. The molecule has 0 radical (unpaired) electrons. The van der Waals surface area contributed by atoms with Crippen LogP contribution in [0.3, 0.4) is 0 Å². The predicted molar refractivity (Wildman–Crippen MR) is 141 cm³/mol. The first-order valence-electron chi connectivity index (χ1n) is 11.2. The van der Waals surface area contributed by atoms with Crippen LogP contribution in [-0.2, 0) is 14.8 Å². The van der Waals surface area contributed by atoms with Gasteiger partial charge in [-0.05, 0) is 71.8 Å². The largest absolute Gasteiger partial charge is 0.494 e. The van der Waals surface area contributed by atoms with Gasteiger partial charge in [-0.25, -0.2) is 8.42 Å². The highest BCUT2D eigenvalue weighted by molar-refractivity contribution is 8.00. The quantitative estimate of drug-likeness (QED) is 0.343. The van der Waals surface area contributed by atoms with E-state index in [2.05, 4.69) is 4.72 Å².